The fourth-order valence-corrected chi connectivity index (χ4v) is 3.69. The first-order valence-electron chi connectivity index (χ1n) is 9.87. The van der Waals surface area contributed by atoms with Gasteiger partial charge in [-0.2, -0.15) is 0 Å². The molecule has 0 saturated carbocycles. The molecule has 7 heteroatoms. The number of para-hydroxylation sites is 2. The lowest BCUT2D eigenvalue weighted by molar-refractivity contribution is -0.130. The van der Waals surface area contributed by atoms with Crippen LogP contribution >= 0.6 is 0 Å². The third kappa shape index (κ3) is 4.29. The smallest absolute Gasteiger partial charge is 0.251 e. The van der Waals surface area contributed by atoms with Gasteiger partial charge in [-0.3, -0.25) is 9.59 Å². The molecule has 29 heavy (non-hydrogen) atoms. The molecule has 3 aromatic rings. The zero-order valence-electron chi connectivity index (χ0n) is 16.1. The van der Waals surface area contributed by atoms with Crippen LogP contribution < -0.4 is 5.32 Å². The summed E-state index contributed by atoms with van der Waals surface area (Å²) in [4.78, 5) is 31.5. The van der Waals surface area contributed by atoms with E-state index in [1.807, 2.05) is 33.7 Å². The van der Waals surface area contributed by atoms with Crippen molar-refractivity contribution in [2.75, 3.05) is 19.6 Å². The number of nitrogens with zero attached hydrogens (tertiary/aromatic N) is 3. The standard InChI is InChI=1S/C22H23FN4O2/c23-17-9-7-16(8-10-17)22(29)24-12-11-20-25-18-5-1-2-6-19(18)27(20)15-21(28)26-13-3-4-14-26/h1-2,5-10H,3-4,11-15H2,(H,24,29). The number of fused-ring (bicyclic) bond motifs is 1. The van der Waals surface area contributed by atoms with Crippen LogP contribution in [0.3, 0.4) is 0 Å². The second-order valence-electron chi connectivity index (χ2n) is 7.20. The van der Waals surface area contributed by atoms with Gasteiger partial charge in [0.2, 0.25) is 5.91 Å². The molecule has 1 aliphatic heterocycles. The predicted molar refractivity (Wildman–Crippen MR) is 108 cm³/mol. The molecule has 150 valence electrons. The lowest BCUT2D eigenvalue weighted by Crippen LogP contribution is -2.32. The van der Waals surface area contributed by atoms with E-state index in [9.17, 15) is 14.0 Å². The highest BCUT2D eigenvalue weighted by Crippen LogP contribution is 2.18. The van der Waals surface area contributed by atoms with Crippen molar-refractivity contribution >= 4 is 22.8 Å². The number of imidazole rings is 1. The van der Waals surface area contributed by atoms with Crippen molar-refractivity contribution in [3.8, 4) is 0 Å². The quantitative estimate of drug-likeness (QED) is 0.699. The number of halogens is 1. The highest BCUT2D eigenvalue weighted by atomic mass is 19.1. The Labute approximate surface area is 168 Å². The molecule has 2 aromatic carbocycles. The minimum absolute atomic E-state index is 0.0993. The lowest BCUT2D eigenvalue weighted by atomic mass is 10.2. The van der Waals surface area contributed by atoms with E-state index >= 15 is 0 Å². The molecular formula is C22H23FN4O2. The molecule has 0 atom stereocenters. The van der Waals surface area contributed by atoms with Crippen LogP contribution in [0, 0.1) is 5.82 Å². The molecule has 1 aromatic heterocycles. The van der Waals surface area contributed by atoms with Crippen LogP contribution in [0.1, 0.15) is 29.0 Å². The summed E-state index contributed by atoms with van der Waals surface area (Å²) in [5, 5.41) is 2.84. The Morgan fingerprint density at radius 3 is 2.52 bits per heavy atom. The average molecular weight is 394 g/mol. The van der Waals surface area contributed by atoms with Crippen molar-refractivity contribution in [1.29, 1.82) is 0 Å². The molecule has 1 aliphatic rings. The maximum atomic E-state index is 13.0. The van der Waals surface area contributed by atoms with Crippen LogP contribution in [-0.4, -0.2) is 45.9 Å². The minimum atomic E-state index is -0.377. The van der Waals surface area contributed by atoms with Gasteiger partial charge in [-0.25, -0.2) is 9.37 Å². The number of carbonyl (C=O) groups excluding carboxylic acids is 2. The molecule has 6 nitrogen and oxygen atoms in total. The zero-order valence-corrected chi connectivity index (χ0v) is 16.1. The molecular weight excluding hydrogens is 371 g/mol. The fraction of sp³-hybridized carbons (Fsp3) is 0.318. The van der Waals surface area contributed by atoms with E-state index in [1.165, 1.54) is 24.3 Å². The van der Waals surface area contributed by atoms with Crippen LogP contribution in [-0.2, 0) is 17.8 Å². The van der Waals surface area contributed by atoms with Crippen molar-refractivity contribution in [3.63, 3.8) is 0 Å². The zero-order chi connectivity index (χ0) is 20.2. The molecule has 2 heterocycles. The molecule has 1 fully saturated rings. The monoisotopic (exact) mass is 394 g/mol. The first kappa shape index (κ1) is 19.1. The number of benzene rings is 2. The van der Waals surface area contributed by atoms with Crippen molar-refractivity contribution in [1.82, 2.24) is 19.8 Å². The average Bonchev–Trinajstić information content (AvgIpc) is 3.37. The number of nitrogens with one attached hydrogen (secondary N) is 1. The first-order chi connectivity index (χ1) is 14.1. The van der Waals surface area contributed by atoms with Gasteiger partial charge in [0.1, 0.15) is 18.2 Å². The van der Waals surface area contributed by atoms with Crippen molar-refractivity contribution < 1.29 is 14.0 Å². The number of rotatable bonds is 6. The van der Waals surface area contributed by atoms with Crippen molar-refractivity contribution in [2.24, 2.45) is 0 Å². The number of amides is 2. The summed E-state index contributed by atoms with van der Waals surface area (Å²) >= 11 is 0. The highest BCUT2D eigenvalue weighted by molar-refractivity contribution is 5.94. The first-order valence-corrected chi connectivity index (χ1v) is 9.87. The van der Waals surface area contributed by atoms with Crippen molar-refractivity contribution in [3.05, 3.63) is 65.7 Å². The van der Waals surface area contributed by atoms with Gasteiger partial charge >= 0.3 is 0 Å². The fourth-order valence-electron chi connectivity index (χ4n) is 3.69. The van der Waals surface area contributed by atoms with E-state index in [0.29, 0.717) is 18.5 Å². The van der Waals surface area contributed by atoms with E-state index < -0.39 is 0 Å². The summed E-state index contributed by atoms with van der Waals surface area (Å²) in [5.74, 6) is 0.221. The number of likely N-dealkylation sites (tertiary alicyclic amines) is 1. The van der Waals surface area contributed by atoms with E-state index in [1.54, 1.807) is 0 Å². The van der Waals surface area contributed by atoms with Crippen molar-refractivity contribution in [2.45, 2.75) is 25.8 Å². The van der Waals surface area contributed by atoms with Gasteiger partial charge in [0, 0.05) is 31.6 Å². The summed E-state index contributed by atoms with van der Waals surface area (Å²) in [5.41, 5.74) is 2.16. The van der Waals surface area contributed by atoms with E-state index in [-0.39, 0.29) is 24.2 Å². The normalized spacial score (nSPS) is 13.8. The largest absolute Gasteiger partial charge is 0.352 e. The summed E-state index contributed by atoms with van der Waals surface area (Å²) in [6, 6.07) is 13.2. The number of aromatic nitrogens is 2. The summed E-state index contributed by atoms with van der Waals surface area (Å²) in [6.07, 6.45) is 2.60. The lowest BCUT2D eigenvalue weighted by Gasteiger charge is -2.17. The van der Waals surface area contributed by atoms with E-state index in [4.69, 9.17) is 0 Å². The summed E-state index contributed by atoms with van der Waals surface area (Å²) in [7, 11) is 0. The maximum absolute atomic E-state index is 13.0. The third-order valence-corrected chi connectivity index (χ3v) is 5.23. The highest BCUT2D eigenvalue weighted by Gasteiger charge is 2.20. The van der Waals surface area contributed by atoms with Crippen LogP contribution in [0.2, 0.25) is 0 Å². The van der Waals surface area contributed by atoms with Gasteiger partial charge in [0.05, 0.1) is 11.0 Å². The molecule has 0 aliphatic carbocycles. The predicted octanol–water partition coefficient (Wildman–Crippen LogP) is 2.77. The van der Waals surface area contributed by atoms with Gasteiger partial charge in [-0.05, 0) is 49.2 Å². The Morgan fingerprint density at radius 2 is 1.76 bits per heavy atom. The molecule has 0 spiro atoms. The van der Waals surface area contributed by atoms with E-state index in [0.717, 1.165) is 42.8 Å². The second-order valence-corrected chi connectivity index (χ2v) is 7.20. The number of hydrogen-bond donors (Lipinski definition) is 1. The molecule has 0 unspecified atom stereocenters. The number of hydrogen-bond acceptors (Lipinski definition) is 3. The van der Waals surface area contributed by atoms with Gasteiger partial charge in [0.15, 0.2) is 0 Å². The Morgan fingerprint density at radius 1 is 1.03 bits per heavy atom. The van der Waals surface area contributed by atoms with E-state index in [2.05, 4.69) is 10.3 Å². The number of carbonyl (C=O) groups is 2. The Bertz CT molecular complexity index is 1020. The SMILES string of the molecule is O=C(NCCc1nc2ccccc2n1CC(=O)N1CCCC1)c1ccc(F)cc1. The van der Waals surface area contributed by atoms with Gasteiger partial charge < -0.3 is 14.8 Å². The van der Waals surface area contributed by atoms with Gasteiger partial charge in [-0.1, -0.05) is 12.1 Å². The van der Waals surface area contributed by atoms with Crippen LogP contribution in [0.15, 0.2) is 48.5 Å². The molecule has 2 amide bonds. The Balaban J connectivity index is 1.47. The second kappa shape index (κ2) is 8.43. The van der Waals surface area contributed by atoms with Crippen LogP contribution in [0.5, 0.6) is 0 Å². The molecule has 0 radical (unpaired) electrons. The minimum Gasteiger partial charge on any atom is -0.352 e. The van der Waals surface area contributed by atoms with Gasteiger partial charge in [-0.15, -0.1) is 0 Å². The third-order valence-electron chi connectivity index (χ3n) is 5.23. The van der Waals surface area contributed by atoms with Crippen LogP contribution in [0.25, 0.3) is 11.0 Å². The Kier molecular flexibility index (Phi) is 5.55. The Hall–Kier alpha value is -3.22. The maximum Gasteiger partial charge on any atom is 0.251 e. The molecule has 1 saturated heterocycles. The van der Waals surface area contributed by atoms with Gasteiger partial charge in [0.25, 0.3) is 5.91 Å². The molecule has 0 bridgehead atoms. The van der Waals surface area contributed by atoms with Crippen LogP contribution in [0.4, 0.5) is 4.39 Å². The summed E-state index contributed by atoms with van der Waals surface area (Å²) < 4.78 is 15.0. The molecule has 1 N–H and O–H groups in total. The topological polar surface area (TPSA) is 67.2 Å². The summed E-state index contributed by atoms with van der Waals surface area (Å²) in [6.45, 7) is 2.25. The molecule has 4 rings (SSSR count).